The van der Waals surface area contributed by atoms with Crippen molar-refractivity contribution in [2.24, 2.45) is 16.9 Å². The summed E-state index contributed by atoms with van der Waals surface area (Å²) in [6.45, 7) is 8.72. The molecule has 2 saturated heterocycles. The van der Waals surface area contributed by atoms with Gasteiger partial charge in [-0.1, -0.05) is 12.1 Å². The Morgan fingerprint density at radius 2 is 1.69 bits per heavy atom. The van der Waals surface area contributed by atoms with Gasteiger partial charge in [-0.15, -0.1) is 0 Å². The number of aromatic nitrogens is 2. The Morgan fingerprint density at radius 3 is 2.36 bits per heavy atom. The summed E-state index contributed by atoms with van der Waals surface area (Å²) in [6, 6.07) is 9.51. The highest BCUT2D eigenvalue weighted by atomic mass is 16.2. The van der Waals surface area contributed by atoms with E-state index in [1.807, 2.05) is 38.1 Å². The third kappa shape index (κ3) is 7.43. The lowest BCUT2D eigenvalue weighted by Gasteiger charge is -2.38. The van der Waals surface area contributed by atoms with Crippen molar-refractivity contribution < 1.29 is 9.59 Å². The molecule has 1 unspecified atom stereocenters. The van der Waals surface area contributed by atoms with Crippen molar-refractivity contribution >= 4 is 17.8 Å². The van der Waals surface area contributed by atoms with Crippen LogP contribution in [0.3, 0.4) is 0 Å². The van der Waals surface area contributed by atoms with Gasteiger partial charge in [-0.25, -0.2) is 9.59 Å². The van der Waals surface area contributed by atoms with Crippen molar-refractivity contribution in [2.75, 3.05) is 57.7 Å². The largest absolute Gasteiger partial charge is 0.354 e. The van der Waals surface area contributed by atoms with E-state index in [9.17, 15) is 14.4 Å². The van der Waals surface area contributed by atoms with Crippen LogP contribution in [0.5, 0.6) is 0 Å². The van der Waals surface area contributed by atoms with E-state index in [0.717, 1.165) is 51.0 Å². The minimum absolute atomic E-state index is 0.00835. The number of likely N-dealkylation sites (tertiary alicyclic amines) is 1. The molecule has 1 aromatic heterocycles. The molecule has 0 saturated carbocycles. The van der Waals surface area contributed by atoms with Crippen LogP contribution in [-0.2, 0) is 11.2 Å². The molecule has 3 heterocycles. The van der Waals surface area contributed by atoms with Crippen molar-refractivity contribution in [3.05, 3.63) is 52.6 Å². The number of nitrogens with zero attached hydrogens (tertiary/aromatic N) is 5. The zero-order valence-electron chi connectivity index (χ0n) is 23.1. The molecule has 212 valence electrons. The Balaban J connectivity index is 1.29. The Hall–Kier alpha value is -3.28. The molecule has 2 aromatic rings. The molecule has 2 aliphatic rings. The maximum atomic E-state index is 12.7. The molecule has 1 aromatic carbocycles. The Bertz CT molecular complexity index is 1190. The summed E-state index contributed by atoms with van der Waals surface area (Å²) in [5.41, 5.74) is 12.7. The summed E-state index contributed by atoms with van der Waals surface area (Å²) in [6.07, 6.45) is 5.87. The van der Waals surface area contributed by atoms with Crippen LogP contribution in [0, 0.1) is 5.41 Å². The SMILES string of the molecule is CC(C)(CN)C(=O)N1CCN(C(=O)Nc2ccn(-c3ccc(CCN4CCCC(N)CC4)cc3)c(=O)n2)CC1. The lowest BCUT2D eigenvalue weighted by molar-refractivity contribution is -0.141. The van der Waals surface area contributed by atoms with Gasteiger partial charge in [0.15, 0.2) is 0 Å². The molecular weight excluding hydrogens is 496 g/mol. The molecule has 2 fully saturated rings. The molecule has 0 spiro atoms. The van der Waals surface area contributed by atoms with Gasteiger partial charge in [-0.2, -0.15) is 4.98 Å². The van der Waals surface area contributed by atoms with Crippen molar-refractivity contribution in [1.82, 2.24) is 24.3 Å². The van der Waals surface area contributed by atoms with E-state index in [0.29, 0.717) is 32.2 Å². The summed E-state index contributed by atoms with van der Waals surface area (Å²) in [7, 11) is 0. The quantitative estimate of drug-likeness (QED) is 0.481. The van der Waals surface area contributed by atoms with Crippen LogP contribution in [0.4, 0.5) is 10.6 Å². The first-order valence-electron chi connectivity index (χ1n) is 13.9. The van der Waals surface area contributed by atoms with Crippen LogP contribution in [0.1, 0.15) is 38.7 Å². The second-order valence-corrected chi connectivity index (χ2v) is 11.2. The molecule has 0 radical (unpaired) electrons. The second-order valence-electron chi connectivity index (χ2n) is 11.2. The fourth-order valence-corrected chi connectivity index (χ4v) is 5.00. The van der Waals surface area contributed by atoms with E-state index < -0.39 is 11.1 Å². The molecule has 39 heavy (non-hydrogen) atoms. The number of hydrogen-bond donors (Lipinski definition) is 3. The first-order chi connectivity index (χ1) is 18.7. The fraction of sp³-hybridized carbons (Fsp3) is 0.571. The maximum absolute atomic E-state index is 12.7. The van der Waals surface area contributed by atoms with Gasteiger partial charge in [-0.05, 0) is 76.4 Å². The third-order valence-corrected chi connectivity index (χ3v) is 7.78. The zero-order chi connectivity index (χ0) is 28.0. The number of benzene rings is 1. The number of urea groups is 1. The normalized spacial score (nSPS) is 19.0. The molecular formula is C28H42N8O3. The molecule has 1 atom stereocenters. The minimum atomic E-state index is -0.625. The van der Waals surface area contributed by atoms with Crippen LogP contribution >= 0.6 is 0 Å². The first-order valence-corrected chi connectivity index (χ1v) is 13.9. The molecule has 2 aliphatic heterocycles. The fourth-order valence-electron chi connectivity index (χ4n) is 5.00. The van der Waals surface area contributed by atoms with E-state index in [1.165, 1.54) is 10.1 Å². The number of rotatable bonds is 7. The number of nitrogens with two attached hydrogens (primary N) is 2. The van der Waals surface area contributed by atoms with Gasteiger partial charge in [0.25, 0.3) is 0 Å². The highest BCUT2D eigenvalue weighted by molar-refractivity contribution is 5.88. The second kappa shape index (κ2) is 12.7. The summed E-state index contributed by atoms with van der Waals surface area (Å²) in [4.78, 5) is 48.0. The smallest absolute Gasteiger partial charge is 0.339 e. The van der Waals surface area contributed by atoms with Gasteiger partial charge >= 0.3 is 11.7 Å². The van der Waals surface area contributed by atoms with E-state index in [2.05, 4.69) is 15.2 Å². The summed E-state index contributed by atoms with van der Waals surface area (Å²) in [5, 5.41) is 2.71. The molecule has 11 nitrogen and oxygen atoms in total. The van der Waals surface area contributed by atoms with Crippen molar-refractivity contribution in [3.8, 4) is 5.69 Å². The monoisotopic (exact) mass is 538 g/mol. The maximum Gasteiger partial charge on any atom is 0.354 e. The van der Waals surface area contributed by atoms with Gasteiger partial charge in [0.2, 0.25) is 5.91 Å². The van der Waals surface area contributed by atoms with Gasteiger partial charge in [-0.3, -0.25) is 14.7 Å². The number of anilines is 1. The predicted octanol–water partition coefficient (Wildman–Crippen LogP) is 1.25. The molecule has 3 amide bonds. The standard InChI is InChI=1S/C28H42N8O3/c1-28(2,20-29)25(37)34-16-18-35(19-17-34)26(38)31-24-11-15-36(27(39)32-24)23-7-5-21(6-8-23)9-13-33-12-3-4-22(30)10-14-33/h5-8,11,15,22H,3-4,9-10,12-14,16-20,29-30H2,1-2H3,(H,31,32,38,39). The Kier molecular flexibility index (Phi) is 9.36. The average Bonchev–Trinajstić information content (AvgIpc) is 3.15. The number of hydrogen-bond acceptors (Lipinski definition) is 7. The average molecular weight is 539 g/mol. The Labute approximate surface area is 230 Å². The highest BCUT2D eigenvalue weighted by Gasteiger charge is 2.33. The van der Waals surface area contributed by atoms with Crippen LogP contribution in [0.15, 0.2) is 41.3 Å². The van der Waals surface area contributed by atoms with Crippen LogP contribution < -0.4 is 22.5 Å². The molecule has 4 rings (SSSR count). The summed E-state index contributed by atoms with van der Waals surface area (Å²) in [5.74, 6) is 0.184. The third-order valence-electron chi connectivity index (χ3n) is 7.78. The van der Waals surface area contributed by atoms with E-state index in [-0.39, 0.29) is 24.3 Å². The lowest BCUT2D eigenvalue weighted by atomic mass is 9.91. The highest BCUT2D eigenvalue weighted by Crippen LogP contribution is 2.19. The topological polar surface area (TPSA) is 143 Å². The summed E-state index contributed by atoms with van der Waals surface area (Å²) < 4.78 is 1.46. The molecule has 5 N–H and O–H groups in total. The molecule has 0 aliphatic carbocycles. The molecule has 0 bridgehead atoms. The minimum Gasteiger partial charge on any atom is -0.339 e. The van der Waals surface area contributed by atoms with Crippen molar-refractivity contribution in [1.29, 1.82) is 0 Å². The Morgan fingerprint density at radius 1 is 1.00 bits per heavy atom. The first kappa shape index (κ1) is 28.7. The van der Waals surface area contributed by atoms with Crippen LogP contribution in [-0.4, -0.2) is 94.6 Å². The van der Waals surface area contributed by atoms with Gasteiger partial charge in [0.1, 0.15) is 5.82 Å². The van der Waals surface area contributed by atoms with E-state index >= 15 is 0 Å². The van der Waals surface area contributed by atoms with Gasteiger partial charge in [0, 0.05) is 51.5 Å². The number of carbonyl (C=O) groups is 2. The number of nitrogens with one attached hydrogen (secondary N) is 1. The van der Waals surface area contributed by atoms with Crippen LogP contribution in [0.2, 0.25) is 0 Å². The van der Waals surface area contributed by atoms with Gasteiger partial charge in [0.05, 0.1) is 11.1 Å². The predicted molar refractivity (Wildman–Crippen MR) is 152 cm³/mol. The van der Waals surface area contributed by atoms with Gasteiger partial charge < -0.3 is 26.2 Å². The number of piperazine rings is 1. The van der Waals surface area contributed by atoms with Crippen molar-refractivity contribution in [2.45, 2.75) is 45.6 Å². The lowest BCUT2D eigenvalue weighted by Crippen LogP contribution is -2.55. The summed E-state index contributed by atoms with van der Waals surface area (Å²) >= 11 is 0. The number of carbonyl (C=O) groups excluding carboxylic acids is 2. The zero-order valence-corrected chi connectivity index (χ0v) is 23.1. The molecule has 11 heteroatoms. The van der Waals surface area contributed by atoms with E-state index in [4.69, 9.17) is 11.5 Å². The van der Waals surface area contributed by atoms with E-state index in [1.54, 1.807) is 22.1 Å². The number of amides is 3. The van der Waals surface area contributed by atoms with Crippen molar-refractivity contribution in [3.63, 3.8) is 0 Å². The van der Waals surface area contributed by atoms with Crippen LogP contribution in [0.25, 0.3) is 5.69 Å².